The van der Waals surface area contributed by atoms with Crippen molar-refractivity contribution in [3.8, 4) is 5.75 Å². The van der Waals surface area contributed by atoms with Crippen LogP contribution in [-0.2, 0) is 11.2 Å². The Labute approximate surface area is 167 Å². The van der Waals surface area contributed by atoms with Crippen LogP contribution >= 0.6 is 0 Å². The molecular formula is C25H42O2. The molecule has 2 heteroatoms. The summed E-state index contributed by atoms with van der Waals surface area (Å²) in [5, 5.41) is 10.1. The molecule has 1 aromatic rings. The summed E-state index contributed by atoms with van der Waals surface area (Å²) in [6.45, 7) is 4.38. The summed E-state index contributed by atoms with van der Waals surface area (Å²) in [4.78, 5) is 11.6. The number of carbonyl (C=O) groups is 1. The molecule has 0 radical (unpaired) electrons. The van der Waals surface area contributed by atoms with Gasteiger partial charge in [0, 0.05) is 5.92 Å². The van der Waals surface area contributed by atoms with E-state index in [0.29, 0.717) is 5.75 Å². The molecule has 154 valence electrons. The first kappa shape index (κ1) is 23.7. The van der Waals surface area contributed by atoms with E-state index in [-0.39, 0.29) is 5.92 Å². The SMILES string of the molecule is CCCCCCCCCCCCCCC(C=O)c1cccc(O)c1CCC. The van der Waals surface area contributed by atoms with Gasteiger partial charge in [-0.15, -0.1) is 0 Å². The van der Waals surface area contributed by atoms with Crippen molar-refractivity contribution in [1.82, 2.24) is 0 Å². The maximum Gasteiger partial charge on any atom is 0.127 e. The van der Waals surface area contributed by atoms with Gasteiger partial charge in [-0.3, -0.25) is 0 Å². The molecule has 0 aliphatic heterocycles. The highest BCUT2D eigenvalue weighted by atomic mass is 16.3. The number of unbranched alkanes of at least 4 members (excludes halogenated alkanes) is 11. The highest BCUT2D eigenvalue weighted by Gasteiger charge is 2.16. The van der Waals surface area contributed by atoms with Gasteiger partial charge in [0.2, 0.25) is 0 Å². The lowest BCUT2D eigenvalue weighted by molar-refractivity contribution is -0.109. The van der Waals surface area contributed by atoms with Crippen molar-refractivity contribution < 1.29 is 9.90 Å². The normalized spacial score (nSPS) is 12.2. The minimum atomic E-state index is -0.0678. The Morgan fingerprint density at radius 2 is 1.37 bits per heavy atom. The molecule has 1 rings (SSSR count). The lowest BCUT2D eigenvalue weighted by atomic mass is 9.88. The molecule has 1 unspecified atom stereocenters. The summed E-state index contributed by atoms with van der Waals surface area (Å²) in [6, 6.07) is 5.62. The van der Waals surface area contributed by atoms with E-state index in [1.165, 1.54) is 70.6 Å². The monoisotopic (exact) mass is 374 g/mol. The Morgan fingerprint density at radius 3 is 1.89 bits per heavy atom. The number of aldehydes is 1. The maximum absolute atomic E-state index is 11.6. The summed E-state index contributed by atoms with van der Waals surface area (Å²) in [5.41, 5.74) is 2.01. The molecule has 0 aromatic heterocycles. The van der Waals surface area contributed by atoms with Crippen LogP contribution in [0.2, 0.25) is 0 Å². The second kappa shape index (κ2) is 15.7. The van der Waals surface area contributed by atoms with Crippen molar-refractivity contribution in [3.05, 3.63) is 29.3 Å². The molecule has 0 aliphatic rings. The van der Waals surface area contributed by atoms with Gasteiger partial charge < -0.3 is 9.90 Å². The summed E-state index contributed by atoms with van der Waals surface area (Å²) in [7, 11) is 0. The minimum Gasteiger partial charge on any atom is -0.508 e. The molecule has 1 aromatic carbocycles. The van der Waals surface area contributed by atoms with Crippen molar-refractivity contribution in [2.24, 2.45) is 0 Å². The number of phenolic OH excluding ortho intramolecular Hbond substituents is 1. The second-order valence-electron chi connectivity index (χ2n) is 8.02. The number of carbonyl (C=O) groups excluding carboxylic acids is 1. The average Bonchev–Trinajstić information content (AvgIpc) is 2.68. The van der Waals surface area contributed by atoms with Gasteiger partial charge in [0.1, 0.15) is 12.0 Å². The van der Waals surface area contributed by atoms with E-state index < -0.39 is 0 Å². The van der Waals surface area contributed by atoms with E-state index in [1.54, 1.807) is 6.07 Å². The van der Waals surface area contributed by atoms with Crippen molar-refractivity contribution in [2.75, 3.05) is 0 Å². The van der Waals surface area contributed by atoms with Gasteiger partial charge in [-0.1, -0.05) is 109 Å². The standard InChI is InChI=1S/C25H42O2/c1-3-5-6-7-8-9-10-11-12-13-14-15-18-22(21-26)23-19-16-20-25(27)24(23)17-4-2/h16,19-22,27H,3-15,17-18H2,1-2H3. The Kier molecular flexibility index (Phi) is 13.8. The summed E-state index contributed by atoms with van der Waals surface area (Å²) in [5.74, 6) is 0.276. The first-order valence-corrected chi connectivity index (χ1v) is 11.5. The van der Waals surface area contributed by atoms with E-state index >= 15 is 0 Å². The molecular weight excluding hydrogens is 332 g/mol. The molecule has 1 atom stereocenters. The molecule has 0 spiro atoms. The molecule has 0 aliphatic carbocycles. The van der Waals surface area contributed by atoms with Crippen LogP contribution in [0.1, 0.15) is 121 Å². The summed E-state index contributed by atoms with van der Waals surface area (Å²) >= 11 is 0. The van der Waals surface area contributed by atoms with E-state index in [0.717, 1.165) is 43.1 Å². The molecule has 0 saturated carbocycles. The second-order valence-corrected chi connectivity index (χ2v) is 8.02. The molecule has 1 N–H and O–H groups in total. The molecule has 2 nitrogen and oxygen atoms in total. The van der Waals surface area contributed by atoms with Crippen LogP contribution in [0, 0.1) is 0 Å². The predicted molar refractivity (Wildman–Crippen MR) is 117 cm³/mol. The zero-order valence-electron chi connectivity index (χ0n) is 17.8. The van der Waals surface area contributed by atoms with Gasteiger partial charge in [0.15, 0.2) is 0 Å². The zero-order valence-corrected chi connectivity index (χ0v) is 17.8. The lowest BCUT2D eigenvalue weighted by Crippen LogP contribution is -2.05. The molecule has 0 fully saturated rings. The zero-order chi connectivity index (χ0) is 19.7. The molecule has 0 bridgehead atoms. The number of rotatable bonds is 17. The lowest BCUT2D eigenvalue weighted by Gasteiger charge is -2.16. The van der Waals surface area contributed by atoms with Crippen molar-refractivity contribution in [1.29, 1.82) is 0 Å². The topological polar surface area (TPSA) is 37.3 Å². The first-order chi connectivity index (χ1) is 13.2. The number of hydrogen-bond donors (Lipinski definition) is 1. The largest absolute Gasteiger partial charge is 0.508 e. The number of phenols is 1. The highest BCUT2D eigenvalue weighted by molar-refractivity contribution is 5.64. The van der Waals surface area contributed by atoms with Crippen LogP contribution in [0.3, 0.4) is 0 Å². The fraction of sp³-hybridized carbons (Fsp3) is 0.720. The van der Waals surface area contributed by atoms with Crippen LogP contribution in [0.25, 0.3) is 0 Å². The highest BCUT2D eigenvalue weighted by Crippen LogP contribution is 2.30. The van der Waals surface area contributed by atoms with Crippen LogP contribution in [-0.4, -0.2) is 11.4 Å². The van der Waals surface area contributed by atoms with E-state index in [9.17, 15) is 9.90 Å². The van der Waals surface area contributed by atoms with Crippen LogP contribution < -0.4 is 0 Å². The van der Waals surface area contributed by atoms with Crippen molar-refractivity contribution >= 4 is 6.29 Å². The Hall–Kier alpha value is -1.31. The summed E-state index contributed by atoms with van der Waals surface area (Å²) in [6.07, 6.45) is 19.8. The van der Waals surface area contributed by atoms with Gasteiger partial charge >= 0.3 is 0 Å². The van der Waals surface area contributed by atoms with Gasteiger partial charge in [-0.25, -0.2) is 0 Å². The van der Waals surface area contributed by atoms with E-state index in [2.05, 4.69) is 13.8 Å². The van der Waals surface area contributed by atoms with E-state index in [4.69, 9.17) is 0 Å². The van der Waals surface area contributed by atoms with Crippen LogP contribution in [0.5, 0.6) is 5.75 Å². The Balaban J connectivity index is 2.18. The van der Waals surface area contributed by atoms with Gasteiger partial charge in [-0.2, -0.15) is 0 Å². The van der Waals surface area contributed by atoms with Crippen LogP contribution in [0.4, 0.5) is 0 Å². The maximum atomic E-state index is 11.6. The third-order valence-electron chi connectivity index (χ3n) is 5.62. The third kappa shape index (κ3) is 9.98. The minimum absolute atomic E-state index is 0.0678. The molecule has 0 saturated heterocycles. The number of hydrogen-bond acceptors (Lipinski definition) is 2. The number of benzene rings is 1. The smallest absolute Gasteiger partial charge is 0.127 e. The first-order valence-electron chi connectivity index (χ1n) is 11.5. The van der Waals surface area contributed by atoms with Crippen molar-refractivity contribution in [2.45, 2.75) is 116 Å². The molecule has 0 amide bonds. The number of aromatic hydroxyl groups is 1. The predicted octanol–water partition coefficient (Wildman–Crippen LogP) is 7.72. The van der Waals surface area contributed by atoms with Gasteiger partial charge in [-0.05, 0) is 30.0 Å². The van der Waals surface area contributed by atoms with Crippen LogP contribution in [0.15, 0.2) is 18.2 Å². The Bertz CT molecular complexity index is 495. The van der Waals surface area contributed by atoms with E-state index in [1.807, 2.05) is 12.1 Å². The fourth-order valence-corrected chi connectivity index (χ4v) is 3.96. The Morgan fingerprint density at radius 1 is 0.815 bits per heavy atom. The summed E-state index contributed by atoms with van der Waals surface area (Å²) < 4.78 is 0. The van der Waals surface area contributed by atoms with Gasteiger partial charge in [0.25, 0.3) is 0 Å². The molecule has 27 heavy (non-hydrogen) atoms. The molecule has 0 heterocycles. The third-order valence-corrected chi connectivity index (χ3v) is 5.62. The average molecular weight is 375 g/mol. The fourth-order valence-electron chi connectivity index (χ4n) is 3.96. The quantitative estimate of drug-likeness (QED) is 0.224. The van der Waals surface area contributed by atoms with Crippen molar-refractivity contribution in [3.63, 3.8) is 0 Å². The van der Waals surface area contributed by atoms with Gasteiger partial charge in [0.05, 0.1) is 0 Å².